The molecule has 0 spiro atoms. The monoisotopic (exact) mass is 883 g/mol. The average molecular weight is 883 g/mol. The summed E-state index contributed by atoms with van der Waals surface area (Å²) in [6.45, 7) is 4.34. The zero-order valence-corrected chi connectivity index (χ0v) is 32.1. The number of nitrogens with zero attached hydrogens (tertiary/aromatic N) is 3. The molecule has 1 radical (unpaired) electrons. The van der Waals surface area contributed by atoms with Crippen LogP contribution in [-0.4, -0.2) is 23.0 Å². The number of furan rings is 1. The third-order valence-electron chi connectivity index (χ3n) is 8.19. The number of benzene rings is 4. The van der Waals surface area contributed by atoms with Crippen LogP contribution < -0.4 is 5.19 Å². The van der Waals surface area contributed by atoms with Gasteiger partial charge in [-0.2, -0.15) is 0 Å². The fourth-order valence-electron chi connectivity index (χ4n) is 5.63. The predicted molar refractivity (Wildman–Crippen MR) is 208 cm³/mol. The van der Waals surface area contributed by atoms with E-state index in [-0.39, 0.29) is 31.5 Å². The number of fused-ring (bicyclic) bond motifs is 3. The first-order valence-electron chi connectivity index (χ1n) is 19.9. The summed E-state index contributed by atoms with van der Waals surface area (Å²) in [5.74, 6) is -0.356. The Hall–Kier alpha value is -5.07. The van der Waals surface area contributed by atoms with E-state index in [2.05, 4.69) is 46.9 Å². The van der Waals surface area contributed by atoms with Gasteiger partial charge in [0.2, 0.25) is 0 Å². The Labute approximate surface area is 329 Å². The van der Waals surface area contributed by atoms with Crippen LogP contribution in [0.3, 0.4) is 0 Å². The molecular weight excluding hydrogens is 838 g/mol. The van der Waals surface area contributed by atoms with E-state index in [4.69, 9.17) is 14.0 Å². The Morgan fingerprint density at radius 1 is 0.750 bits per heavy atom. The van der Waals surface area contributed by atoms with Crippen molar-refractivity contribution in [2.45, 2.75) is 39.2 Å². The second-order valence-corrected chi connectivity index (χ2v) is 18.0. The first kappa shape index (κ1) is 28.5. The Morgan fingerprint density at radius 3 is 2.17 bits per heavy atom. The van der Waals surface area contributed by atoms with Gasteiger partial charge in [0, 0.05) is 47.5 Å². The van der Waals surface area contributed by atoms with E-state index >= 15 is 0 Å². The van der Waals surface area contributed by atoms with Crippen molar-refractivity contribution in [2.24, 2.45) is 0 Å². The van der Waals surface area contributed by atoms with Gasteiger partial charge in [0.1, 0.15) is 17.1 Å². The molecule has 0 fully saturated rings. The van der Waals surface area contributed by atoms with E-state index < -0.39 is 27.7 Å². The number of aryl methyl sites for hydroxylation is 1. The number of halogens is 1. The molecule has 0 unspecified atom stereocenters. The van der Waals surface area contributed by atoms with E-state index in [1.165, 1.54) is 18.2 Å². The molecule has 8 aromatic rings. The molecular formula is C45H38FIrN3OSi-2. The second kappa shape index (κ2) is 16.1. The van der Waals surface area contributed by atoms with Gasteiger partial charge >= 0.3 is 0 Å². The molecule has 8 rings (SSSR count). The Bertz CT molecular complexity index is 2720. The van der Waals surface area contributed by atoms with Crippen molar-refractivity contribution in [3.8, 4) is 22.5 Å². The third-order valence-corrected chi connectivity index (χ3v) is 10.2. The SMILES string of the molecule is [2H]C([2H])([2H])c1c[c-]c(-c2cc(C([2H])([2H])c3ccccc3)c([Si](C)(C)C)cn2)cc1.[2H]C([2H])(c1ccccc1)c1ccnc(-c2[c-]nc3oc4ccc(F)cc4c3c2)c1.[Ir]. The summed E-state index contributed by atoms with van der Waals surface area (Å²) in [6, 6.07) is 37.1. The van der Waals surface area contributed by atoms with Crippen LogP contribution in [0.4, 0.5) is 4.39 Å². The first-order chi connectivity index (χ1) is 27.4. The molecule has 0 saturated carbocycles. The molecule has 261 valence electrons. The first-order valence-corrected chi connectivity index (χ1v) is 19.9. The minimum atomic E-state index is -2.18. The number of hydrogen-bond acceptors (Lipinski definition) is 4. The van der Waals surface area contributed by atoms with Gasteiger partial charge in [-0.05, 0) is 81.9 Å². The second-order valence-electron chi connectivity index (χ2n) is 13.0. The minimum absolute atomic E-state index is 0. The van der Waals surface area contributed by atoms with E-state index in [1.807, 2.05) is 36.4 Å². The zero-order valence-electron chi connectivity index (χ0n) is 35.7. The summed E-state index contributed by atoms with van der Waals surface area (Å²) < 4.78 is 76.7. The Kier molecular flexibility index (Phi) is 8.81. The molecule has 0 atom stereocenters. The number of pyridine rings is 3. The number of rotatable bonds is 7. The van der Waals surface area contributed by atoms with Crippen LogP contribution >= 0.6 is 0 Å². The quantitative estimate of drug-likeness (QED) is 0.118. The molecule has 4 nitrogen and oxygen atoms in total. The zero-order chi connectivity index (χ0) is 41.5. The molecule has 7 heteroatoms. The summed E-state index contributed by atoms with van der Waals surface area (Å²) in [4.78, 5) is 13.2. The van der Waals surface area contributed by atoms with Gasteiger partial charge in [-0.3, -0.25) is 0 Å². The molecule has 0 aliphatic rings. The number of hydrogen-bond donors (Lipinski definition) is 0. The van der Waals surface area contributed by atoms with Crippen molar-refractivity contribution in [3.05, 3.63) is 180 Å². The molecule has 0 aliphatic carbocycles. The molecule has 0 N–H and O–H groups in total. The summed E-state index contributed by atoms with van der Waals surface area (Å²) >= 11 is 0. The van der Waals surface area contributed by atoms with Crippen LogP contribution in [0.1, 0.15) is 37.4 Å². The Morgan fingerprint density at radius 2 is 1.48 bits per heavy atom. The molecule has 4 aromatic carbocycles. The van der Waals surface area contributed by atoms with Crippen molar-refractivity contribution < 1.29 is 38.5 Å². The van der Waals surface area contributed by atoms with Crippen LogP contribution in [-0.2, 0) is 32.9 Å². The van der Waals surface area contributed by atoms with Crippen molar-refractivity contribution in [3.63, 3.8) is 0 Å². The van der Waals surface area contributed by atoms with Gasteiger partial charge in [0.05, 0.1) is 8.07 Å². The summed E-state index contributed by atoms with van der Waals surface area (Å²) in [5.41, 5.74) is 5.71. The van der Waals surface area contributed by atoms with Crippen molar-refractivity contribution in [2.75, 3.05) is 0 Å². The normalized spacial score (nSPS) is 14.0. The van der Waals surface area contributed by atoms with Crippen LogP contribution in [0.25, 0.3) is 44.6 Å². The maximum absolute atomic E-state index is 13.7. The number of aromatic nitrogens is 3. The third kappa shape index (κ3) is 8.68. The van der Waals surface area contributed by atoms with Crippen LogP contribution in [0.15, 0.2) is 138 Å². The van der Waals surface area contributed by atoms with Crippen LogP contribution in [0.2, 0.25) is 19.6 Å². The smallest absolute Gasteiger partial charge is 0.141 e. The van der Waals surface area contributed by atoms with E-state index in [1.54, 1.807) is 79.1 Å². The molecule has 52 heavy (non-hydrogen) atoms. The van der Waals surface area contributed by atoms with Crippen molar-refractivity contribution in [1.82, 2.24) is 15.0 Å². The van der Waals surface area contributed by atoms with Crippen LogP contribution in [0.5, 0.6) is 0 Å². The molecule has 4 heterocycles. The fourth-order valence-corrected chi connectivity index (χ4v) is 7.02. The van der Waals surface area contributed by atoms with E-state index in [0.717, 1.165) is 5.19 Å². The maximum Gasteiger partial charge on any atom is 0.141 e. The molecule has 0 aliphatic heterocycles. The maximum atomic E-state index is 13.7. The van der Waals surface area contributed by atoms with Gasteiger partial charge in [-0.1, -0.05) is 105 Å². The Balaban J connectivity index is 0.000000195. The minimum Gasteiger partial charge on any atom is -0.483 e. The van der Waals surface area contributed by atoms with Gasteiger partial charge < -0.3 is 19.4 Å². The summed E-state index contributed by atoms with van der Waals surface area (Å²) in [5, 5.41) is 2.25. The largest absolute Gasteiger partial charge is 0.483 e. The summed E-state index contributed by atoms with van der Waals surface area (Å²) in [7, 11) is -1.87. The molecule has 0 bridgehead atoms. The predicted octanol–water partition coefficient (Wildman–Crippen LogP) is 10.6. The van der Waals surface area contributed by atoms with Crippen LogP contribution in [0, 0.1) is 24.9 Å². The van der Waals surface area contributed by atoms with Gasteiger partial charge in [-0.25, -0.2) is 4.39 Å². The molecule has 4 aromatic heterocycles. The van der Waals surface area contributed by atoms with Gasteiger partial charge in [0.15, 0.2) is 0 Å². The van der Waals surface area contributed by atoms with Crippen molar-refractivity contribution >= 4 is 35.3 Å². The topological polar surface area (TPSA) is 51.8 Å². The average Bonchev–Trinajstić information content (AvgIpc) is 3.58. The fraction of sp³-hybridized carbons (Fsp3) is 0.133. The standard InChI is InChI=1S/C23H14FN2O.C22H24NSi.Ir/c24-18-6-7-22-19(13-18)20-12-17(14-26-23(20)27-22)21-11-16(8-9-25-21)10-15-4-2-1-3-5-15;1-17-10-12-19(13-11-17)21-15-20(14-18-8-6-5-7-9-18)22(16-23-21)24(2,3)4;/h1-9,11-13H,10H2;5-12,15-16H,14H2,1-4H3;/q2*-1;/i10D2;1D3,14D2;. The summed E-state index contributed by atoms with van der Waals surface area (Å²) in [6.07, 6.45) is 2.89. The van der Waals surface area contributed by atoms with E-state index in [9.17, 15) is 4.39 Å². The van der Waals surface area contributed by atoms with Gasteiger partial charge in [0.25, 0.3) is 0 Å². The van der Waals surface area contributed by atoms with Gasteiger partial charge in [-0.15, -0.1) is 47.0 Å². The molecule has 0 saturated heterocycles. The van der Waals surface area contributed by atoms with E-state index in [0.29, 0.717) is 66.8 Å². The van der Waals surface area contributed by atoms with Crippen molar-refractivity contribution in [1.29, 1.82) is 0 Å². The molecule has 0 amide bonds.